The van der Waals surface area contributed by atoms with E-state index in [0.29, 0.717) is 23.7 Å². The summed E-state index contributed by atoms with van der Waals surface area (Å²) in [6.45, 7) is 8.03. The van der Waals surface area contributed by atoms with Gasteiger partial charge in [-0.1, -0.05) is 19.9 Å². The van der Waals surface area contributed by atoms with Crippen LogP contribution < -0.4 is 10.5 Å². The van der Waals surface area contributed by atoms with Gasteiger partial charge in [-0.15, -0.1) is 0 Å². The average molecular weight is 249 g/mol. The van der Waals surface area contributed by atoms with Crippen LogP contribution in [0.2, 0.25) is 0 Å². The fraction of sp³-hybridized carbons (Fsp3) is 0.533. The van der Waals surface area contributed by atoms with E-state index in [1.165, 1.54) is 0 Å². The Hall–Kier alpha value is -1.35. The van der Waals surface area contributed by atoms with E-state index in [4.69, 9.17) is 10.5 Å². The fourth-order valence-corrected chi connectivity index (χ4v) is 2.21. The normalized spacial score (nSPS) is 12.6. The molecule has 0 fully saturated rings. The second kappa shape index (κ2) is 6.01. The maximum absolute atomic E-state index is 12.4. The minimum Gasteiger partial charge on any atom is -0.496 e. The first-order valence-electron chi connectivity index (χ1n) is 6.31. The Labute approximate surface area is 109 Å². The third-order valence-corrected chi connectivity index (χ3v) is 2.97. The molecule has 3 nitrogen and oxygen atoms in total. The van der Waals surface area contributed by atoms with Crippen molar-refractivity contribution in [3.05, 3.63) is 28.8 Å². The predicted molar refractivity (Wildman–Crippen MR) is 74.2 cm³/mol. The standard InChI is InChI=1S/C15H23NO2/c1-9(2)6-12(16)15(17)14-11(4)7-10(3)8-13(14)18-5/h7-9,12H,6,16H2,1-5H3. The number of hydrogen-bond acceptors (Lipinski definition) is 3. The van der Waals surface area contributed by atoms with Crippen molar-refractivity contribution in [1.29, 1.82) is 0 Å². The van der Waals surface area contributed by atoms with Crippen LogP contribution in [0.3, 0.4) is 0 Å². The second-order valence-corrected chi connectivity index (χ2v) is 5.26. The van der Waals surface area contributed by atoms with Crippen molar-refractivity contribution in [2.75, 3.05) is 7.11 Å². The molecule has 1 aromatic carbocycles. The molecule has 1 aromatic rings. The molecule has 1 rings (SSSR count). The van der Waals surface area contributed by atoms with Crippen LogP contribution in [0.1, 0.15) is 41.8 Å². The lowest BCUT2D eigenvalue weighted by Gasteiger charge is -2.17. The maximum atomic E-state index is 12.4. The summed E-state index contributed by atoms with van der Waals surface area (Å²) in [5.74, 6) is 0.996. The van der Waals surface area contributed by atoms with E-state index in [1.807, 2.05) is 26.0 Å². The number of carbonyl (C=O) groups excluding carboxylic acids is 1. The molecule has 0 aliphatic heterocycles. The van der Waals surface area contributed by atoms with Gasteiger partial charge in [0.25, 0.3) is 0 Å². The molecule has 0 heterocycles. The molecule has 0 bridgehead atoms. The number of aryl methyl sites for hydroxylation is 2. The maximum Gasteiger partial charge on any atom is 0.183 e. The summed E-state index contributed by atoms with van der Waals surface area (Å²) in [5.41, 5.74) is 8.61. The molecule has 0 aliphatic carbocycles. The molecule has 18 heavy (non-hydrogen) atoms. The monoisotopic (exact) mass is 249 g/mol. The van der Waals surface area contributed by atoms with Gasteiger partial charge in [0.15, 0.2) is 5.78 Å². The number of ether oxygens (including phenoxy) is 1. The topological polar surface area (TPSA) is 52.3 Å². The highest BCUT2D eigenvalue weighted by molar-refractivity contribution is 6.03. The number of carbonyl (C=O) groups is 1. The molecular weight excluding hydrogens is 226 g/mol. The van der Waals surface area contributed by atoms with Crippen molar-refractivity contribution in [2.24, 2.45) is 11.7 Å². The number of methoxy groups -OCH3 is 1. The van der Waals surface area contributed by atoms with Crippen molar-refractivity contribution < 1.29 is 9.53 Å². The SMILES string of the molecule is COc1cc(C)cc(C)c1C(=O)C(N)CC(C)C. The summed E-state index contributed by atoms with van der Waals surface area (Å²) in [6.07, 6.45) is 0.690. The highest BCUT2D eigenvalue weighted by atomic mass is 16.5. The van der Waals surface area contributed by atoms with Crippen LogP contribution in [0.5, 0.6) is 5.75 Å². The van der Waals surface area contributed by atoms with E-state index in [0.717, 1.165) is 11.1 Å². The molecule has 100 valence electrons. The van der Waals surface area contributed by atoms with Crippen LogP contribution >= 0.6 is 0 Å². The number of rotatable bonds is 5. The Morgan fingerprint density at radius 1 is 1.33 bits per heavy atom. The van der Waals surface area contributed by atoms with E-state index in [2.05, 4.69) is 13.8 Å². The van der Waals surface area contributed by atoms with Crippen LogP contribution in [-0.4, -0.2) is 18.9 Å². The van der Waals surface area contributed by atoms with Gasteiger partial charge in [-0.2, -0.15) is 0 Å². The Balaban J connectivity index is 3.12. The van der Waals surface area contributed by atoms with Crippen molar-refractivity contribution in [2.45, 2.75) is 40.2 Å². The molecule has 0 aromatic heterocycles. The lowest BCUT2D eigenvalue weighted by Crippen LogP contribution is -2.32. The first-order chi connectivity index (χ1) is 8.36. The third kappa shape index (κ3) is 3.33. The first kappa shape index (κ1) is 14.7. The molecule has 1 atom stereocenters. The molecular formula is C15H23NO2. The Kier molecular flexibility index (Phi) is 4.91. The average Bonchev–Trinajstić information content (AvgIpc) is 2.26. The van der Waals surface area contributed by atoms with E-state index in [9.17, 15) is 4.79 Å². The third-order valence-electron chi connectivity index (χ3n) is 2.97. The second-order valence-electron chi connectivity index (χ2n) is 5.26. The summed E-state index contributed by atoms with van der Waals surface area (Å²) in [5, 5.41) is 0. The van der Waals surface area contributed by atoms with Gasteiger partial charge in [-0.25, -0.2) is 0 Å². The van der Waals surface area contributed by atoms with E-state index >= 15 is 0 Å². The Bertz CT molecular complexity index is 438. The molecule has 0 spiro atoms. The molecule has 0 amide bonds. The smallest absolute Gasteiger partial charge is 0.183 e. The van der Waals surface area contributed by atoms with Gasteiger partial charge in [-0.05, 0) is 43.4 Å². The van der Waals surface area contributed by atoms with Crippen LogP contribution in [-0.2, 0) is 0 Å². The Morgan fingerprint density at radius 3 is 2.44 bits per heavy atom. The quantitative estimate of drug-likeness (QED) is 0.816. The summed E-state index contributed by atoms with van der Waals surface area (Å²) in [4.78, 5) is 12.4. The van der Waals surface area contributed by atoms with E-state index in [1.54, 1.807) is 7.11 Å². The molecule has 2 N–H and O–H groups in total. The molecule has 3 heteroatoms. The van der Waals surface area contributed by atoms with E-state index < -0.39 is 6.04 Å². The van der Waals surface area contributed by atoms with Crippen LogP contribution in [0.4, 0.5) is 0 Å². The molecule has 0 saturated heterocycles. The highest BCUT2D eigenvalue weighted by Crippen LogP contribution is 2.26. The number of nitrogens with two attached hydrogens (primary N) is 1. The zero-order valence-corrected chi connectivity index (χ0v) is 11.9. The van der Waals surface area contributed by atoms with Gasteiger partial charge < -0.3 is 10.5 Å². The van der Waals surface area contributed by atoms with Gasteiger partial charge in [0, 0.05) is 0 Å². The van der Waals surface area contributed by atoms with Gasteiger partial charge in [0.2, 0.25) is 0 Å². The lowest BCUT2D eigenvalue weighted by atomic mass is 9.93. The lowest BCUT2D eigenvalue weighted by molar-refractivity contribution is 0.0947. The van der Waals surface area contributed by atoms with E-state index in [-0.39, 0.29) is 5.78 Å². The zero-order chi connectivity index (χ0) is 13.9. The highest BCUT2D eigenvalue weighted by Gasteiger charge is 2.22. The van der Waals surface area contributed by atoms with Crippen molar-refractivity contribution in [3.63, 3.8) is 0 Å². The number of benzene rings is 1. The number of Topliss-reactive ketones (excluding diaryl/α,β-unsaturated/α-hetero) is 1. The first-order valence-corrected chi connectivity index (χ1v) is 6.31. The molecule has 0 aliphatic rings. The minimum absolute atomic E-state index is 0.0296. The van der Waals surface area contributed by atoms with Crippen molar-refractivity contribution >= 4 is 5.78 Å². The zero-order valence-electron chi connectivity index (χ0n) is 11.9. The summed E-state index contributed by atoms with van der Waals surface area (Å²) < 4.78 is 5.31. The van der Waals surface area contributed by atoms with Gasteiger partial charge in [0.05, 0.1) is 18.7 Å². The fourth-order valence-electron chi connectivity index (χ4n) is 2.21. The van der Waals surface area contributed by atoms with Crippen molar-refractivity contribution in [1.82, 2.24) is 0 Å². The van der Waals surface area contributed by atoms with Crippen LogP contribution in [0, 0.1) is 19.8 Å². The summed E-state index contributed by atoms with van der Waals surface area (Å²) >= 11 is 0. The molecule has 0 saturated carbocycles. The van der Waals surface area contributed by atoms with Gasteiger partial charge >= 0.3 is 0 Å². The summed E-state index contributed by atoms with van der Waals surface area (Å²) in [6, 6.07) is 3.40. The summed E-state index contributed by atoms with van der Waals surface area (Å²) in [7, 11) is 1.58. The largest absolute Gasteiger partial charge is 0.496 e. The Morgan fingerprint density at radius 2 is 1.94 bits per heavy atom. The van der Waals surface area contributed by atoms with Crippen molar-refractivity contribution in [3.8, 4) is 5.75 Å². The van der Waals surface area contributed by atoms with Crippen LogP contribution in [0.15, 0.2) is 12.1 Å². The van der Waals surface area contributed by atoms with Gasteiger partial charge in [0.1, 0.15) is 5.75 Å². The minimum atomic E-state index is -0.458. The molecule has 0 radical (unpaired) electrons. The number of hydrogen-bond donors (Lipinski definition) is 1. The number of ketones is 1. The molecule has 1 unspecified atom stereocenters. The van der Waals surface area contributed by atoms with Crippen LogP contribution in [0.25, 0.3) is 0 Å². The van der Waals surface area contributed by atoms with Gasteiger partial charge in [-0.3, -0.25) is 4.79 Å². The predicted octanol–water partition coefficient (Wildman–Crippen LogP) is 2.87.